The third-order valence-corrected chi connectivity index (χ3v) is 6.57. The van der Waals surface area contributed by atoms with Crippen molar-refractivity contribution in [2.45, 2.75) is 84.1 Å². The molecule has 0 aromatic rings. The van der Waals surface area contributed by atoms with Crippen LogP contribution in [0.3, 0.4) is 0 Å². The Morgan fingerprint density at radius 1 is 1.10 bits per heavy atom. The molecule has 0 bridgehead atoms. The molecule has 0 saturated heterocycles. The molecule has 3 aliphatic carbocycles. The second-order valence-electron chi connectivity index (χ2n) is 8.30. The van der Waals surface area contributed by atoms with Gasteiger partial charge in [0.25, 0.3) is 0 Å². The molecular formula is C20H33N. The summed E-state index contributed by atoms with van der Waals surface area (Å²) in [6, 6.07) is 0.771. The molecule has 1 heteroatoms. The van der Waals surface area contributed by atoms with Gasteiger partial charge < -0.3 is 4.90 Å². The molecule has 0 radical (unpaired) electrons. The molecule has 0 N–H and O–H groups in total. The third kappa shape index (κ3) is 2.94. The van der Waals surface area contributed by atoms with Gasteiger partial charge in [0, 0.05) is 24.7 Å². The van der Waals surface area contributed by atoms with E-state index in [1.54, 1.807) is 11.1 Å². The number of rotatable bonds is 3. The second kappa shape index (κ2) is 5.82. The maximum atomic E-state index is 4.51. The molecule has 0 aromatic carbocycles. The second-order valence-corrected chi connectivity index (χ2v) is 8.30. The van der Waals surface area contributed by atoms with Crippen LogP contribution in [0.5, 0.6) is 0 Å². The van der Waals surface area contributed by atoms with Crippen molar-refractivity contribution in [3.8, 4) is 0 Å². The molecule has 21 heavy (non-hydrogen) atoms. The van der Waals surface area contributed by atoms with E-state index in [1.165, 1.54) is 69.9 Å². The van der Waals surface area contributed by atoms with Crippen molar-refractivity contribution < 1.29 is 0 Å². The molecule has 118 valence electrons. The van der Waals surface area contributed by atoms with E-state index >= 15 is 0 Å². The van der Waals surface area contributed by atoms with Gasteiger partial charge >= 0.3 is 0 Å². The van der Waals surface area contributed by atoms with Crippen LogP contribution in [0.2, 0.25) is 0 Å². The van der Waals surface area contributed by atoms with E-state index in [-0.39, 0.29) is 0 Å². The van der Waals surface area contributed by atoms with Gasteiger partial charge in [-0.3, -0.25) is 0 Å². The third-order valence-electron chi connectivity index (χ3n) is 6.57. The molecular weight excluding hydrogens is 254 g/mol. The maximum Gasteiger partial charge on any atom is 0.0283 e. The highest BCUT2D eigenvalue weighted by Gasteiger charge is 2.35. The van der Waals surface area contributed by atoms with E-state index in [0.717, 1.165) is 6.04 Å². The number of allylic oxidation sites excluding steroid dienone is 3. The topological polar surface area (TPSA) is 3.24 Å². The quantitative estimate of drug-likeness (QED) is 0.603. The molecule has 0 heterocycles. The van der Waals surface area contributed by atoms with E-state index in [2.05, 4.69) is 32.4 Å². The number of nitrogens with zero attached hydrogens (tertiary/aromatic N) is 1. The van der Waals surface area contributed by atoms with Gasteiger partial charge in [-0.05, 0) is 56.8 Å². The van der Waals surface area contributed by atoms with Crippen LogP contribution >= 0.6 is 0 Å². The molecule has 1 fully saturated rings. The van der Waals surface area contributed by atoms with Gasteiger partial charge in [-0.1, -0.05) is 44.4 Å². The van der Waals surface area contributed by atoms with Crippen LogP contribution in [0, 0.1) is 11.3 Å². The van der Waals surface area contributed by atoms with Crippen molar-refractivity contribution >= 4 is 0 Å². The minimum atomic E-state index is 0.443. The Bertz CT molecular complexity index is 437. The Morgan fingerprint density at radius 2 is 1.81 bits per heavy atom. The fourth-order valence-corrected chi connectivity index (χ4v) is 5.02. The van der Waals surface area contributed by atoms with Crippen LogP contribution in [-0.4, -0.2) is 18.0 Å². The molecule has 1 nitrogen and oxygen atoms in total. The SMILES string of the molecule is C=C(C1CCC2=C(C1)C(C)(C)CCC2)N(C)C1CCCC1. The predicted molar refractivity (Wildman–Crippen MR) is 91.2 cm³/mol. The van der Waals surface area contributed by atoms with Crippen molar-refractivity contribution in [1.29, 1.82) is 0 Å². The zero-order valence-corrected chi connectivity index (χ0v) is 14.4. The monoisotopic (exact) mass is 287 g/mol. The first-order valence-electron chi connectivity index (χ1n) is 9.12. The summed E-state index contributed by atoms with van der Waals surface area (Å²) in [5, 5.41) is 0. The lowest BCUT2D eigenvalue weighted by Gasteiger charge is -2.43. The first-order valence-corrected chi connectivity index (χ1v) is 9.12. The van der Waals surface area contributed by atoms with Crippen LogP contribution in [0.15, 0.2) is 23.4 Å². The molecule has 0 aromatic heterocycles. The highest BCUT2D eigenvalue weighted by atomic mass is 15.1. The lowest BCUT2D eigenvalue weighted by Crippen LogP contribution is -2.34. The lowest BCUT2D eigenvalue weighted by atomic mass is 9.65. The summed E-state index contributed by atoms with van der Waals surface area (Å²) >= 11 is 0. The van der Waals surface area contributed by atoms with Gasteiger partial charge in [0.2, 0.25) is 0 Å². The van der Waals surface area contributed by atoms with Crippen LogP contribution in [0.1, 0.15) is 78.1 Å². The summed E-state index contributed by atoms with van der Waals surface area (Å²) in [6.45, 7) is 9.44. The van der Waals surface area contributed by atoms with Crippen molar-refractivity contribution in [3.05, 3.63) is 23.4 Å². The first kappa shape index (κ1) is 15.2. The van der Waals surface area contributed by atoms with E-state index in [4.69, 9.17) is 0 Å². The highest BCUT2D eigenvalue weighted by Crippen LogP contribution is 2.49. The van der Waals surface area contributed by atoms with E-state index in [1.807, 2.05) is 0 Å². The van der Waals surface area contributed by atoms with Crippen LogP contribution in [0.25, 0.3) is 0 Å². The highest BCUT2D eigenvalue weighted by molar-refractivity contribution is 5.28. The lowest BCUT2D eigenvalue weighted by molar-refractivity contribution is 0.248. The standard InChI is InChI=1S/C20H33N/c1-15(21(4)18-9-5-6-10-18)17-12-11-16-8-7-13-20(2,3)19(16)14-17/h17-18H,1,5-14H2,2-4H3. The average Bonchev–Trinajstić information content (AvgIpc) is 2.99. The summed E-state index contributed by atoms with van der Waals surface area (Å²) in [4.78, 5) is 2.54. The van der Waals surface area contributed by atoms with Crippen LogP contribution < -0.4 is 0 Å². The molecule has 3 rings (SSSR count). The molecule has 0 aliphatic heterocycles. The van der Waals surface area contributed by atoms with Gasteiger partial charge in [-0.15, -0.1) is 0 Å². The smallest absolute Gasteiger partial charge is 0.0283 e. The van der Waals surface area contributed by atoms with Crippen molar-refractivity contribution in [3.63, 3.8) is 0 Å². The molecule has 1 saturated carbocycles. The van der Waals surface area contributed by atoms with Gasteiger partial charge in [-0.25, -0.2) is 0 Å². The van der Waals surface area contributed by atoms with E-state index < -0.39 is 0 Å². The Morgan fingerprint density at radius 3 is 2.52 bits per heavy atom. The zero-order valence-electron chi connectivity index (χ0n) is 14.4. The summed E-state index contributed by atoms with van der Waals surface area (Å²) in [5.41, 5.74) is 5.47. The largest absolute Gasteiger partial charge is 0.375 e. The van der Waals surface area contributed by atoms with Crippen LogP contribution in [0.4, 0.5) is 0 Å². The molecule has 0 amide bonds. The summed E-state index contributed by atoms with van der Waals surface area (Å²) in [7, 11) is 2.30. The van der Waals surface area contributed by atoms with Crippen molar-refractivity contribution in [1.82, 2.24) is 4.90 Å². The van der Waals surface area contributed by atoms with Gasteiger partial charge in [0.15, 0.2) is 0 Å². The number of hydrogen-bond donors (Lipinski definition) is 0. The number of hydrogen-bond acceptors (Lipinski definition) is 1. The fourth-order valence-electron chi connectivity index (χ4n) is 5.02. The van der Waals surface area contributed by atoms with Crippen molar-refractivity contribution in [2.75, 3.05) is 7.05 Å². The molecule has 1 unspecified atom stereocenters. The fraction of sp³-hybridized carbons (Fsp3) is 0.800. The van der Waals surface area contributed by atoms with Gasteiger partial charge in [0.05, 0.1) is 0 Å². The Hall–Kier alpha value is -0.720. The first-order chi connectivity index (χ1) is 9.99. The van der Waals surface area contributed by atoms with Crippen LogP contribution in [-0.2, 0) is 0 Å². The molecule has 0 spiro atoms. The minimum absolute atomic E-state index is 0.443. The zero-order chi connectivity index (χ0) is 15.0. The maximum absolute atomic E-state index is 4.51. The van der Waals surface area contributed by atoms with E-state index in [9.17, 15) is 0 Å². The Labute approximate surface area is 131 Å². The molecule has 1 atom stereocenters. The van der Waals surface area contributed by atoms with Crippen molar-refractivity contribution in [2.24, 2.45) is 11.3 Å². The normalized spacial score (nSPS) is 29.4. The Kier molecular flexibility index (Phi) is 4.21. The summed E-state index contributed by atoms with van der Waals surface area (Å²) in [5.74, 6) is 0.701. The van der Waals surface area contributed by atoms with Gasteiger partial charge in [0.1, 0.15) is 0 Å². The predicted octanol–water partition coefficient (Wildman–Crippen LogP) is 5.68. The summed E-state index contributed by atoms with van der Waals surface area (Å²) < 4.78 is 0. The molecule has 3 aliphatic rings. The van der Waals surface area contributed by atoms with E-state index in [0.29, 0.717) is 11.3 Å². The Balaban J connectivity index is 1.71. The van der Waals surface area contributed by atoms with Gasteiger partial charge in [-0.2, -0.15) is 0 Å². The minimum Gasteiger partial charge on any atom is -0.375 e. The summed E-state index contributed by atoms with van der Waals surface area (Å²) in [6.07, 6.45) is 13.7. The average molecular weight is 287 g/mol.